The van der Waals surface area contributed by atoms with E-state index in [0.717, 1.165) is 12.0 Å². The Balaban J connectivity index is 2.37. The van der Waals surface area contributed by atoms with Crippen molar-refractivity contribution >= 4 is 11.8 Å². The van der Waals surface area contributed by atoms with Gasteiger partial charge in [-0.1, -0.05) is 17.9 Å². The van der Waals surface area contributed by atoms with Crippen molar-refractivity contribution in [3.8, 4) is 11.8 Å². The van der Waals surface area contributed by atoms with Crippen LogP contribution in [-0.4, -0.2) is 35.8 Å². The molecule has 1 fully saturated rings. The fourth-order valence-electron chi connectivity index (χ4n) is 2.55. The van der Waals surface area contributed by atoms with Crippen LogP contribution in [0.4, 0.5) is 0 Å². The fraction of sp³-hybridized carbons (Fsp3) is 0.375. The molecule has 4 N–H and O–H groups in total. The number of primary amides is 1. The summed E-state index contributed by atoms with van der Waals surface area (Å²) in [4.78, 5) is 25.7. The average molecular weight is 285 g/mol. The predicted molar refractivity (Wildman–Crippen MR) is 80.4 cm³/mol. The Hall–Kier alpha value is -2.32. The van der Waals surface area contributed by atoms with E-state index in [9.17, 15) is 9.59 Å². The van der Waals surface area contributed by atoms with Crippen LogP contribution < -0.4 is 11.5 Å². The second kappa shape index (κ2) is 6.42. The maximum absolute atomic E-state index is 12.7. The van der Waals surface area contributed by atoms with E-state index in [1.165, 1.54) is 0 Å². The maximum atomic E-state index is 12.7. The minimum Gasteiger partial charge on any atom is -0.368 e. The monoisotopic (exact) mass is 285 g/mol. The van der Waals surface area contributed by atoms with Gasteiger partial charge in [0, 0.05) is 12.1 Å². The summed E-state index contributed by atoms with van der Waals surface area (Å²) in [5.74, 6) is 5.04. The summed E-state index contributed by atoms with van der Waals surface area (Å²) in [6.45, 7) is 2.71. The van der Waals surface area contributed by atoms with E-state index in [-0.39, 0.29) is 12.5 Å². The van der Waals surface area contributed by atoms with Crippen LogP contribution >= 0.6 is 0 Å². The van der Waals surface area contributed by atoms with Crippen LogP contribution in [0.3, 0.4) is 0 Å². The molecule has 110 valence electrons. The molecule has 0 saturated carbocycles. The zero-order valence-corrected chi connectivity index (χ0v) is 12.1. The number of amides is 2. The first-order valence-electron chi connectivity index (χ1n) is 6.94. The number of likely N-dealkylation sites (tertiary alicyclic amines) is 1. The van der Waals surface area contributed by atoms with Gasteiger partial charge < -0.3 is 16.4 Å². The molecule has 1 aromatic carbocycles. The van der Waals surface area contributed by atoms with Crippen molar-refractivity contribution in [3.63, 3.8) is 0 Å². The summed E-state index contributed by atoms with van der Waals surface area (Å²) < 4.78 is 0. The van der Waals surface area contributed by atoms with E-state index in [4.69, 9.17) is 11.5 Å². The number of nitrogens with zero attached hydrogens (tertiary/aromatic N) is 1. The molecule has 21 heavy (non-hydrogen) atoms. The van der Waals surface area contributed by atoms with Crippen molar-refractivity contribution < 1.29 is 9.59 Å². The molecule has 0 aromatic heterocycles. The SMILES string of the molecule is Cc1ccc(C(=O)N2CCCC2C(N)=O)c(C#CCN)c1. The Kier molecular flexibility index (Phi) is 4.61. The summed E-state index contributed by atoms with van der Waals surface area (Å²) in [5, 5.41) is 0. The number of nitrogens with two attached hydrogens (primary N) is 2. The predicted octanol–water partition coefficient (Wildman–Crippen LogP) is 0.395. The van der Waals surface area contributed by atoms with Gasteiger partial charge in [-0.2, -0.15) is 0 Å². The van der Waals surface area contributed by atoms with Gasteiger partial charge in [0.25, 0.3) is 5.91 Å². The highest BCUT2D eigenvalue weighted by atomic mass is 16.2. The lowest BCUT2D eigenvalue weighted by atomic mass is 10.0. The van der Waals surface area contributed by atoms with E-state index >= 15 is 0 Å². The average Bonchev–Trinajstić information content (AvgIpc) is 2.94. The van der Waals surface area contributed by atoms with Crippen molar-refractivity contribution in [2.75, 3.05) is 13.1 Å². The van der Waals surface area contributed by atoms with E-state index < -0.39 is 11.9 Å². The standard InChI is InChI=1S/C16H19N3O2/c1-11-6-7-13(12(10-11)4-2-8-17)16(21)19-9-3-5-14(19)15(18)20/h6-7,10,14H,3,5,8-9,17H2,1H3,(H2,18,20). The summed E-state index contributed by atoms with van der Waals surface area (Å²) in [6, 6.07) is 4.94. The fourth-order valence-corrected chi connectivity index (χ4v) is 2.55. The van der Waals surface area contributed by atoms with Crippen molar-refractivity contribution in [1.82, 2.24) is 4.90 Å². The Morgan fingerprint density at radius 2 is 2.19 bits per heavy atom. The molecule has 0 spiro atoms. The molecule has 0 aliphatic carbocycles. The van der Waals surface area contributed by atoms with Gasteiger partial charge in [-0.3, -0.25) is 9.59 Å². The van der Waals surface area contributed by atoms with Crippen LogP contribution in [0.5, 0.6) is 0 Å². The molecule has 1 aliphatic heterocycles. The largest absolute Gasteiger partial charge is 0.368 e. The molecule has 5 nitrogen and oxygen atoms in total. The molecular weight excluding hydrogens is 266 g/mol. The molecule has 1 heterocycles. The molecule has 1 aliphatic rings. The van der Waals surface area contributed by atoms with Crippen LogP contribution in [0.1, 0.15) is 34.3 Å². The zero-order chi connectivity index (χ0) is 15.4. The third kappa shape index (κ3) is 3.23. The summed E-state index contributed by atoms with van der Waals surface area (Å²) in [5.41, 5.74) is 12.9. The number of hydrogen-bond acceptors (Lipinski definition) is 3. The quantitative estimate of drug-likeness (QED) is 0.771. The van der Waals surface area contributed by atoms with Crippen LogP contribution in [0, 0.1) is 18.8 Å². The van der Waals surface area contributed by atoms with Gasteiger partial charge in [0.2, 0.25) is 5.91 Å². The van der Waals surface area contributed by atoms with Crippen LogP contribution in [0.2, 0.25) is 0 Å². The highest BCUT2D eigenvalue weighted by Crippen LogP contribution is 2.22. The molecule has 0 bridgehead atoms. The van der Waals surface area contributed by atoms with E-state index in [1.807, 2.05) is 19.1 Å². The van der Waals surface area contributed by atoms with E-state index in [0.29, 0.717) is 24.1 Å². The third-order valence-electron chi connectivity index (χ3n) is 3.57. The molecule has 1 aromatic rings. The number of aryl methyl sites for hydroxylation is 1. The smallest absolute Gasteiger partial charge is 0.255 e. The van der Waals surface area contributed by atoms with E-state index in [2.05, 4.69) is 11.8 Å². The first-order valence-corrected chi connectivity index (χ1v) is 6.94. The third-order valence-corrected chi connectivity index (χ3v) is 3.57. The van der Waals surface area contributed by atoms with E-state index in [1.54, 1.807) is 11.0 Å². The summed E-state index contributed by atoms with van der Waals surface area (Å²) in [6.07, 6.45) is 1.41. The maximum Gasteiger partial charge on any atom is 0.255 e. The van der Waals surface area contributed by atoms with Gasteiger partial charge >= 0.3 is 0 Å². The Bertz CT molecular complexity index is 628. The van der Waals surface area contributed by atoms with Crippen molar-refractivity contribution in [2.24, 2.45) is 11.5 Å². The van der Waals surface area contributed by atoms with Gasteiger partial charge in [0.1, 0.15) is 6.04 Å². The van der Waals surface area contributed by atoms with Gasteiger partial charge in [-0.15, -0.1) is 0 Å². The molecular formula is C16H19N3O2. The first-order chi connectivity index (χ1) is 10.0. The lowest BCUT2D eigenvalue weighted by Crippen LogP contribution is -2.43. The number of rotatable bonds is 2. The van der Waals surface area contributed by atoms with Gasteiger partial charge in [-0.05, 0) is 37.5 Å². The number of carbonyl (C=O) groups excluding carboxylic acids is 2. The lowest BCUT2D eigenvalue weighted by Gasteiger charge is -2.22. The second-order valence-corrected chi connectivity index (χ2v) is 5.11. The minimum absolute atomic E-state index is 0.197. The first kappa shape index (κ1) is 15.1. The zero-order valence-electron chi connectivity index (χ0n) is 12.1. The topological polar surface area (TPSA) is 89.4 Å². The highest BCUT2D eigenvalue weighted by molar-refractivity contribution is 5.99. The molecule has 2 rings (SSSR count). The van der Waals surface area contributed by atoms with Crippen molar-refractivity contribution in [1.29, 1.82) is 0 Å². The van der Waals surface area contributed by atoms with Crippen LogP contribution in [-0.2, 0) is 4.79 Å². The van der Waals surface area contributed by atoms with Crippen LogP contribution in [0.15, 0.2) is 18.2 Å². The highest BCUT2D eigenvalue weighted by Gasteiger charge is 2.33. The number of hydrogen-bond donors (Lipinski definition) is 2. The summed E-state index contributed by atoms with van der Waals surface area (Å²) in [7, 11) is 0. The Morgan fingerprint density at radius 3 is 2.86 bits per heavy atom. The molecule has 0 radical (unpaired) electrons. The van der Waals surface area contributed by atoms with Crippen LogP contribution in [0.25, 0.3) is 0 Å². The second-order valence-electron chi connectivity index (χ2n) is 5.11. The molecule has 5 heteroatoms. The minimum atomic E-state index is -0.519. The van der Waals surface area contributed by atoms with Crippen molar-refractivity contribution in [3.05, 3.63) is 34.9 Å². The lowest BCUT2D eigenvalue weighted by molar-refractivity contribution is -0.121. The molecule has 1 unspecified atom stereocenters. The molecule has 1 atom stereocenters. The number of benzene rings is 1. The summed E-state index contributed by atoms with van der Waals surface area (Å²) >= 11 is 0. The van der Waals surface area contributed by atoms with Gasteiger partial charge in [-0.25, -0.2) is 0 Å². The Morgan fingerprint density at radius 1 is 1.43 bits per heavy atom. The normalized spacial score (nSPS) is 17.2. The van der Waals surface area contributed by atoms with Gasteiger partial charge in [0.05, 0.1) is 12.1 Å². The van der Waals surface area contributed by atoms with Crippen molar-refractivity contribution in [2.45, 2.75) is 25.8 Å². The number of carbonyl (C=O) groups is 2. The molecule has 2 amide bonds. The van der Waals surface area contributed by atoms with Gasteiger partial charge in [0.15, 0.2) is 0 Å². The molecule has 1 saturated heterocycles. The Labute approximate surface area is 124 Å².